The van der Waals surface area contributed by atoms with Crippen molar-refractivity contribution >= 4 is 13.7 Å². The molecule has 0 fully saturated rings. The molecule has 0 radical (unpaired) electrons. The van der Waals surface area contributed by atoms with Gasteiger partial charge in [-0.3, -0.25) is 9.36 Å². The fraction of sp³-hybridized carbons (Fsp3) is 0.764. The SMILES string of the molecule is CC/C=C\C/C=C\C/C=C\C/C=C\C/C=C\CCCCCCCCCCCCCCCCCCCCCCCCCC(=O)NC(COP(=O)([O-])OCC[N+](C)(C)C)C(O)/C=C/CC/C=C/CC/C=C/CCCCCCCCCCCC. The Balaban J connectivity index is 4.02. The highest BCUT2D eigenvalue weighted by molar-refractivity contribution is 7.45. The van der Waals surface area contributed by atoms with E-state index in [2.05, 4.69) is 104 Å². The summed E-state index contributed by atoms with van der Waals surface area (Å²) in [6.45, 7) is 4.53. The first-order valence-electron chi connectivity index (χ1n) is 34.1. The van der Waals surface area contributed by atoms with Crippen LogP contribution < -0.4 is 10.2 Å². The molecule has 3 atom stereocenters. The van der Waals surface area contributed by atoms with E-state index in [-0.39, 0.29) is 12.5 Å². The zero-order valence-corrected chi connectivity index (χ0v) is 54.6. The van der Waals surface area contributed by atoms with E-state index in [0.717, 1.165) is 77.0 Å². The third kappa shape index (κ3) is 64.8. The van der Waals surface area contributed by atoms with E-state index in [9.17, 15) is 19.4 Å². The van der Waals surface area contributed by atoms with Crippen LogP contribution in [-0.2, 0) is 18.4 Å². The van der Waals surface area contributed by atoms with E-state index < -0.39 is 26.6 Å². The van der Waals surface area contributed by atoms with Crippen LogP contribution in [0.5, 0.6) is 0 Å². The Kier molecular flexibility index (Phi) is 60.0. The van der Waals surface area contributed by atoms with Crippen molar-refractivity contribution in [3.8, 4) is 0 Å². The summed E-state index contributed by atoms with van der Waals surface area (Å²) in [5.41, 5.74) is 0. The van der Waals surface area contributed by atoms with Crippen molar-refractivity contribution in [1.29, 1.82) is 0 Å². The highest BCUT2D eigenvalue weighted by Gasteiger charge is 2.23. The molecule has 8 nitrogen and oxygen atoms in total. The lowest BCUT2D eigenvalue weighted by molar-refractivity contribution is -0.870. The monoisotopic (exact) mass is 1150 g/mol. The van der Waals surface area contributed by atoms with E-state index >= 15 is 0 Å². The smallest absolute Gasteiger partial charge is 0.268 e. The molecule has 0 spiro atoms. The molecule has 3 unspecified atom stereocenters. The minimum Gasteiger partial charge on any atom is -0.756 e. The molecule has 0 saturated carbocycles. The molecular weight excluding hydrogens is 1020 g/mol. The molecule has 0 aliphatic carbocycles. The summed E-state index contributed by atoms with van der Waals surface area (Å²) < 4.78 is 23.4. The zero-order valence-electron chi connectivity index (χ0n) is 53.7. The van der Waals surface area contributed by atoms with E-state index in [1.807, 2.05) is 27.2 Å². The molecule has 0 aromatic heterocycles. The average Bonchev–Trinajstić information content (AvgIpc) is 3.43. The maximum Gasteiger partial charge on any atom is 0.268 e. The van der Waals surface area contributed by atoms with Gasteiger partial charge >= 0.3 is 0 Å². The van der Waals surface area contributed by atoms with Crippen LogP contribution in [0.4, 0.5) is 0 Å². The predicted octanol–water partition coefficient (Wildman–Crippen LogP) is 21.1. The van der Waals surface area contributed by atoms with Gasteiger partial charge in [0.05, 0.1) is 39.9 Å². The number of hydrogen-bond donors (Lipinski definition) is 2. The van der Waals surface area contributed by atoms with Gasteiger partial charge in [0.2, 0.25) is 5.91 Å². The first-order valence-corrected chi connectivity index (χ1v) is 35.6. The zero-order chi connectivity index (χ0) is 59.1. The van der Waals surface area contributed by atoms with E-state index in [1.165, 1.54) is 205 Å². The lowest BCUT2D eigenvalue weighted by Gasteiger charge is -2.29. The topological polar surface area (TPSA) is 108 Å². The Morgan fingerprint density at radius 3 is 1.15 bits per heavy atom. The van der Waals surface area contributed by atoms with Gasteiger partial charge in [0, 0.05) is 6.42 Å². The van der Waals surface area contributed by atoms with Crippen LogP contribution in [0.1, 0.15) is 303 Å². The number of carbonyl (C=O) groups excluding carboxylic acids is 1. The first-order chi connectivity index (χ1) is 39.5. The van der Waals surface area contributed by atoms with Crippen LogP contribution in [0.2, 0.25) is 0 Å². The minimum atomic E-state index is -4.62. The summed E-state index contributed by atoms with van der Waals surface area (Å²) in [4.78, 5) is 25.6. The van der Waals surface area contributed by atoms with Gasteiger partial charge in [-0.05, 0) is 89.9 Å². The number of quaternary nitrogens is 1. The highest BCUT2D eigenvalue weighted by atomic mass is 31.2. The summed E-state index contributed by atoms with van der Waals surface area (Å²) >= 11 is 0. The number of hydrogen-bond acceptors (Lipinski definition) is 6. The molecule has 9 heteroatoms. The Hall–Kier alpha value is -2.58. The molecule has 0 heterocycles. The van der Waals surface area contributed by atoms with Crippen molar-refractivity contribution in [2.45, 2.75) is 315 Å². The summed E-state index contributed by atoms with van der Waals surface area (Å²) in [5, 5.41) is 13.9. The van der Waals surface area contributed by atoms with Gasteiger partial charge in [0.15, 0.2) is 0 Å². The number of nitrogens with zero attached hydrogens (tertiary/aromatic N) is 1. The molecule has 0 aromatic rings. The van der Waals surface area contributed by atoms with Crippen molar-refractivity contribution < 1.29 is 32.9 Å². The highest BCUT2D eigenvalue weighted by Crippen LogP contribution is 2.38. The lowest BCUT2D eigenvalue weighted by atomic mass is 10.0. The number of rotatable bonds is 62. The molecule has 0 rings (SSSR count). The summed E-state index contributed by atoms with van der Waals surface area (Å²) in [6.07, 6.45) is 89.6. The van der Waals surface area contributed by atoms with Crippen LogP contribution in [0, 0.1) is 0 Å². The molecule has 2 N–H and O–H groups in total. The van der Waals surface area contributed by atoms with E-state index in [0.29, 0.717) is 17.4 Å². The van der Waals surface area contributed by atoms with Gasteiger partial charge < -0.3 is 28.8 Å². The van der Waals surface area contributed by atoms with Gasteiger partial charge in [0.25, 0.3) is 7.82 Å². The van der Waals surface area contributed by atoms with Gasteiger partial charge in [-0.2, -0.15) is 0 Å². The Morgan fingerprint density at radius 1 is 0.444 bits per heavy atom. The Morgan fingerprint density at radius 2 is 0.765 bits per heavy atom. The third-order valence-electron chi connectivity index (χ3n) is 15.0. The standard InChI is InChI=1S/C72H131N2O6P/c1-6-8-10-12-14-16-18-20-22-24-26-28-29-30-31-32-33-34-35-36-37-38-39-40-41-42-43-44-45-46-48-50-52-54-56-58-60-62-64-66-72(76)73-70(69-80-81(77,78)79-68-67-74(3,4)5)71(75)65-63-61-59-57-55-53-51-49-47-27-25-23-21-19-17-15-13-11-9-7-2/h8,10,14,16,20,22,26,28,30-31,47,49,55,57,63,65,70-71,75H,6-7,9,11-13,15,17-19,21,23-25,27,29,32-46,48,50-54,56,58-62,64,66-69H2,1-5H3,(H-,73,76,77,78)/b10-8-,16-14-,22-20-,28-26-,31-30-,49-47+,57-55+,65-63+. The van der Waals surface area contributed by atoms with Gasteiger partial charge in [0.1, 0.15) is 13.2 Å². The van der Waals surface area contributed by atoms with Gasteiger partial charge in [-0.25, -0.2) is 0 Å². The van der Waals surface area contributed by atoms with Crippen LogP contribution in [0.3, 0.4) is 0 Å². The summed E-state index contributed by atoms with van der Waals surface area (Å²) in [7, 11) is 1.24. The van der Waals surface area contributed by atoms with E-state index in [1.54, 1.807) is 6.08 Å². The minimum absolute atomic E-state index is 0.0103. The second kappa shape index (κ2) is 62.0. The quantitative estimate of drug-likeness (QED) is 0.0272. The van der Waals surface area contributed by atoms with Crippen LogP contribution in [-0.4, -0.2) is 68.5 Å². The number of phosphoric ester groups is 1. The number of aliphatic hydroxyl groups is 1. The largest absolute Gasteiger partial charge is 0.756 e. The number of nitrogens with one attached hydrogen (secondary N) is 1. The van der Waals surface area contributed by atoms with Crippen LogP contribution >= 0.6 is 7.82 Å². The molecular formula is C72H131N2O6P. The molecule has 1 amide bonds. The first kappa shape index (κ1) is 78.4. The number of unbranched alkanes of at least 4 members (excludes halogenated alkanes) is 35. The second-order valence-electron chi connectivity index (χ2n) is 24.1. The van der Waals surface area contributed by atoms with Crippen LogP contribution in [0.25, 0.3) is 0 Å². The molecule has 0 bridgehead atoms. The van der Waals surface area contributed by atoms with Gasteiger partial charge in [-0.1, -0.05) is 304 Å². The molecule has 470 valence electrons. The third-order valence-corrected chi connectivity index (χ3v) is 16.0. The molecule has 0 aliphatic rings. The fourth-order valence-electron chi connectivity index (χ4n) is 9.74. The summed E-state index contributed by atoms with van der Waals surface area (Å²) in [6, 6.07) is -0.913. The number of carbonyl (C=O) groups is 1. The number of likely N-dealkylation sites (N-methyl/N-ethyl adjacent to an activating group) is 1. The van der Waals surface area contributed by atoms with Crippen molar-refractivity contribution in [3.05, 3.63) is 97.2 Å². The number of amides is 1. The predicted molar refractivity (Wildman–Crippen MR) is 353 cm³/mol. The lowest BCUT2D eigenvalue weighted by Crippen LogP contribution is -2.45. The number of allylic oxidation sites excluding steroid dienone is 15. The number of phosphoric acid groups is 1. The normalized spacial score (nSPS) is 14.3. The Bertz CT molecular complexity index is 1640. The van der Waals surface area contributed by atoms with Crippen molar-refractivity contribution in [1.82, 2.24) is 5.32 Å². The maximum absolute atomic E-state index is 13.0. The molecule has 0 aromatic carbocycles. The van der Waals surface area contributed by atoms with Crippen molar-refractivity contribution in [2.24, 2.45) is 0 Å². The van der Waals surface area contributed by atoms with Gasteiger partial charge in [-0.15, -0.1) is 0 Å². The van der Waals surface area contributed by atoms with E-state index in [4.69, 9.17) is 9.05 Å². The fourth-order valence-corrected chi connectivity index (χ4v) is 10.5. The molecule has 0 aliphatic heterocycles. The summed E-state index contributed by atoms with van der Waals surface area (Å²) in [5.74, 6) is -0.209. The average molecular weight is 1150 g/mol. The van der Waals surface area contributed by atoms with Crippen molar-refractivity contribution in [2.75, 3.05) is 40.9 Å². The molecule has 0 saturated heterocycles. The van der Waals surface area contributed by atoms with Crippen LogP contribution in [0.15, 0.2) is 97.2 Å². The van der Waals surface area contributed by atoms with Crippen molar-refractivity contribution in [3.63, 3.8) is 0 Å². The Labute approximate surface area is 502 Å². The second-order valence-corrected chi connectivity index (χ2v) is 25.5. The molecule has 81 heavy (non-hydrogen) atoms. The number of aliphatic hydroxyl groups excluding tert-OH is 1. The maximum atomic E-state index is 13.0.